The van der Waals surface area contributed by atoms with Gasteiger partial charge in [-0.15, -0.1) is 0 Å². The van der Waals surface area contributed by atoms with E-state index in [0.29, 0.717) is 6.42 Å². The number of rotatable bonds is 0. The van der Waals surface area contributed by atoms with Crippen LogP contribution in [0.1, 0.15) is 52.4 Å². The molecule has 116 valence electrons. The molecule has 6 heteroatoms. The summed E-state index contributed by atoms with van der Waals surface area (Å²) >= 11 is 0. The molecule has 0 aromatic rings. The van der Waals surface area contributed by atoms with Gasteiger partial charge in [0.2, 0.25) is 0 Å². The lowest BCUT2D eigenvalue weighted by Gasteiger charge is -2.29. The Labute approximate surface area is 118 Å². The number of carboxylic acids is 2. The zero-order valence-corrected chi connectivity index (χ0v) is 12.0. The maximum atomic E-state index is 9.95. The highest BCUT2D eigenvalue weighted by Crippen LogP contribution is 2.39. The Balaban J connectivity index is 0.000000380. The lowest BCUT2D eigenvalue weighted by Crippen LogP contribution is -2.34. The van der Waals surface area contributed by atoms with Gasteiger partial charge in [0.1, 0.15) is 0 Å². The van der Waals surface area contributed by atoms with Crippen molar-refractivity contribution in [1.29, 1.82) is 0 Å². The third-order valence-electron chi connectivity index (χ3n) is 3.04. The lowest BCUT2D eigenvalue weighted by atomic mass is 9.85. The van der Waals surface area contributed by atoms with Gasteiger partial charge in [-0.3, -0.25) is 9.59 Å². The number of aliphatic carboxylic acids is 2. The van der Waals surface area contributed by atoms with Gasteiger partial charge >= 0.3 is 0 Å². The number of hydrogen-bond donors (Lipinski definition) is 4. The van der Waals surface area contributed by atoms with Crippen LogP contribution >= 0.6 is 0 Å². The van der Waals surface area contributed by atoms with Gasteiger partial charge in [0.05, 0.1) is 11.2 Å². The van der Waals surface area contributed by atoms with E-state index in [0.717, 1.165) is 46.0 Å². The summed E-state index contributed by atoms with van der Waals surface area (Å²) in [6, 6.07) is 0. The molecule has 2 atom stereocenters. The van der Waals surface area contributed by atoms with E-state index >= 15 is 0 Å². The second kappa shape index (κ2) is 8.01. The van der Waals surface area contributed by atoms with Gasteiger partial charge in [0.25, 0.3) is 11.9 Å². The van der Waals surface area contributed by atoms with Crippen LogP contribution in [0.5, 0.6) is 0 Å². The van der Waals surface area contributed by atoms with Crippen LogP contribution < -0.4 is 0 Å². The van der Waals surface area contributed by atoms with Gasteiger partial charge in [-0.2, -0.15) is 0 Å². The molecule has 0 radical (unpaired) electrons. The monoisotopic (exact) mass is 288 g/mol. The van der Waals surface area contributed by atoms with Crippen LogP contribution in [0, 0.1) is 0 Å². The van der Waals surface area contributed by atoms with Crippen molar-refractivity contribution < 1.29 is 30.0 Å². The van der Waals surface area contributed by atoms with Crippen LogP contribution in [0.25, 0.3) is 0 Å². The van der Waals surface area contributed by atoms with E-state index in [4.69, 9.17) is 19.8 Å². The Morgan fingerprint density at radius 3 is 1.45 bits per heavy atom. The molecule has 0 amide bonds. The zero-order valence-electron chi connectivity index (χ0n) is 12.0. The normalized spacial score (nSPS) is 30.8. The minimum absolute atomic E-state index is 0.514. The smallest absolute Gasteiger partial charge is 0.300 e. The molecular formula is C14H24O6. The van der Waals surface area contributed by atoms with Crippen molar-refractivity contribution in [3.05, 3.63) is 12.2 Å². The maximum Gasteiger partial charge on any atom is 0.300 e. The van der Waals surface area contributed by atoms with Crippen molar-refractivity contribution >= 4 is 11.9 Å². The predicted molar refractivity (Wildman–Crippen MR) is 73.4 cm³/mol. The Morgan fingerprint density at radius 1 is 0.850 bits per heavy atom. The van der Waals surface area contributed by atoms with Crippen molar-refractivity contribution in [3.8, 4) is 0 Å². The summed E-state index contributed by atoms with van der Waals surface area (Å²) in [6.45, 7) is 2.17. The fourth-order valence-corrected chi connectivity index (χ4v) is 2.34. The summed E-state index contributed by atoms with van der Waals surface area (Å²) in [4.78, 5) is 18.0. The fourth-order valence-electron chi connectivity index (χ4n) is 2.34. The third kappa shape index (κ3) is 8.66. The molecule has 0 saturated heterocycles. The molecule has 2 rings (SSSR count). The van der Waals surface area contributed by atoms with Crippen molar-refractivity contribution in [2.75, 3.05) is 0 Å². The fraction of sp³-hybridized carbons (Fsp3) is 0.714. The third-order valence-corrected chi connectivity index (χ3v) is 3.04. The quantitative estimate of drug-likeness (QED) is 0.503. The molecule has 2 aliphatic carbocycles. The predicted octanol–water partition coefficient (Wildman–Crippen LogP) is 1.55. The van der Waals surface area contributed by atoms with Crippen LogP contribution in [0.15, 0.2) is 12.2 Å². The van der Waals surface area contributed by atoms with Gasteiger partial charge in [0, 0.05) is 20.3 Å². The van der Waals surface area contributed by atoms with E-state index < -0.39 is 23.1 Å². The van der Waals surface area contributed by atoms with Crippen LogP contribution in [0.3, 0.4) is 0 Å². The molecule has 2 aliphatic rings. The molecule has 2 unspecified atom stereocenters. The van der Waals surface area contributed by atoms with E-state index in [2.05, 4.69) is 0 Å². The topological polar surface area (TPSA) is 115 Å². The molecule has 0 aromatic heterocycles. The van der Waals surface area contributed by atoms with E-state index in [1.54, 1.807) is 12.2 Å². The highest BCUT2D eigenvalue weighted by atomic mass is 16.4. The first-order valence-corrected chi connectivity index (χ1v) is 6.63. The number of hydrogen-bond acceptors (Lipinski definition) is 4. The SMILES string of the molecule is CC(=O)O.CC(=O)O.OC12C=CC(O)(CCCCC1)C2. The summed E-state index contributed by atoms with van der Waals surface area (Å²) in [5.41, 5.74) is -1.40. The van der Waals surface area contributed by atoms with Gasteiger partial charge in [-0.1, -0.05) is 31.4 Å². The second-order valence-electron chi connectivity index (χ2n) is 5.32. The molecular weight excluding hydrogens is 264 g/mol. The van der Waals surface area contributed by atoms with Crippen LogP contribution in [0.4, 0.5) is 0 Å². The molecule has 0 aliphatic heterocycles. The average Bonchev–Trinajstić information content (AvgIpc) is 2.54. The number of carboxylic acid groups (broad SMARTS) is 2. The first-order chi connectivity index (χ1) is 9.09. The Bertz CT molecular complexity index is 325. The largest absolute Gasteiger partial charge is 0.481 e. The summed E-state index contributed by atoms with van der Waals surface area (Å²) in [6.07, 6.45) is 9.01. The van der Waals surface area contributed by atoms with Crippen LogP contribution in [-0.4, -0.2) is 43.6 Å². The minimum Gasteiger partial charge on any atom is -0.481 e. The molecule has 6 nitrogen and oxygen atoms in total. The highest BCUT2D eigenvalue weighted by Gasteiger charge is 2.41. The molecule has 4 N–H and O–H groups in total. The van der Waals surface area contributed by atoms with Gasteiger partial charge in [-0.05, 0) is 12.8 Å². The number of aliphatic hydroxyl groups is 2. The molecule has 1 fully saturated rings. The summed E-state index contributed by atoms with van der Waals surface area (Å²) in [5.74, 6) is -1.67. The van der Waals surface area contributed by atoms with Crippen LogP contribution in [-0.2, 0) is 9.59 Å². The average molecular weight is 288 g/mol. The van der Waals surface area contributed by atoms with Crippen molar-refractivity contribution in [2.45, 2.75) is 63.6 Å². The Morgan fingerprint density at radius 2 is 1.15 bits per heavy atom. The number of fused-ring (bicyclic) bond motifs is 2. The van der Waals surface area contributed by atoms with E-state index in [1.807, 2.05) is 0 Å². The first kappa shape index (κ1) is 18.6. The summed E-state index contributed by atoms with van der Waals surface area (Å²) in [5, 5.41) is 34.7. The molecule has 0 aromatic carbocycles. The summed E-state index contributed by atoms with van der Waals surface area (Å²) < 4.78 is 0. The zero-order chi connectivity index (χ0) is 15.8. The molecule has 20 heavy (non-hydrogen) atoms. The van der Waals surface area contributed by atoms with Gasteiger partial charge in [-0.25, -0.2) is 0 Å². The number of carbonyl (C=O) groups is 2. The standard InChI is InChI=1S/C10H16O2.2C2H4O2/c11-9-4-2-1-3-5-10(12,8-9)7-6-9;2*1-2(3)4/h6-7,11-12H,1-5,8H2;2*1H3,(H,3,4). The van der Waals surface area contributed by atoms with Gasteiger partial charge < -0.3 is 20.4 Å². The Hall–Kier alpha value is -1.40. The highest BCUT2D eigenvalue weighted by molar-refractivity contribution is 5.63. The minimum atomic E-state index is -0.833. The van der Waals surface area contributed by atoms with Crippen molar-refractivity contribution in [2.24, 2.45) is 0 Å². The molecule has 0 spiro atoms. The van der Waals surface area contributed by atoms with Crippen molar-refractivity contribution in [3.63, 3.8) is 0 Å². The lowest BCUT2D eigenvalue weighted by molar-refractivity contribution is -0.135. The van der Waals surface area contributed by atoms with Crippen molar-refractivity contribution in [1.82, 2.24) is 0 Å². The van der Waals surface area contributed by atoms with Crippen LogP contribution in [0.2, 0.25) is 0 Å². The molecule has 1 saturated carbocycles. The van der Waals surface area contributed by atoms with E-state index in [1.165, 1.54) is 0 Å². The summed E-state index contributed by atoms with van der Waals surface area (Å²) in [7, 11) is 0. The first-order valence-electron chi connectivity index (χ1n) is 6.63. The molecule has 2 bridgehead atoms. The van der Waals surface area contributed by atoms with E-state index in [-0.39, 0.29) is 0 Å². The van der Waals surface area contributed by atoms with Gasteiger partial charge in [0.15, 0.2) is 0 Å². The maximum absolute atomic E-state index is 9.95. The van der Waals surface area contributed by atoms with E-state index in [9.17, 15) is 10.2 Å². The Kier molecular flexibility index (Phi) is 7.45. The second-order valence-corrected chi connectivity index (χ2v) is 5.32. The molecule has 0 heterocycles.